The largest absolute Gasteiger partial charge is 0.392 e. The minimum Gasteiger partial charge on any atom is -0.392 e. The van der Waals surface area contributed by atoms with E-state index in [1.54, 1.807) is 17.5 Å². The highest BCUT2D eigenvalue weighted by Gasteiger charge is 2.24. The molecule has 0 spiro atoms. The van der Waals surface area contributed by atoms with Gasteiger partial charge in [0.25, 0.3) is 0 Å². The zero-order valence-corrected chi connectivity index (χ0v) is 18.5. The van der Waals surface area contributed by atoms with Crippen molar-refractivity contribution in [3.05, 3.63) is 81.6 Å². The Hall–Kier alpha value is -3.34. The van der Waals surface area contributed by atoms with Crippen LogP contribution in [0.4, 0.5) is 14.3 Å². The van der Waals surface area contributed by atoms with Gasteiger partial charge >= 0.3 is 6.03 Å². The summed E-state index contributed by atoms with van der Waals surface area (Å²) in [6.45, 7) is 1.00. The van der Waals surface area contributed by atoms with Crippen LogP contribution in [-0.2, 0) is 37.5 Å². The molecule has 33 heavy (non-hydrogen) atoms. The van der Waals surface area contributed by atoms with E-state index in [2.05, 4.69) is 26.3 Å². The number of aliphatic hydroxyl groups is 1. The van der Waals surface area contributed by atoms with Gasteiger partial charge < -0.3 is 21.1 Å². The summed E-state index contributed by atoms with van der Waals surface area (Å²) in [6.07, 6.45) is 0.572. The topological polar surface area (TPSA) is 115 Å². The summed E-state index contributed by atoms with van der Waals surface area (Å²) in [7, 11) is 0. The number of anilines is 1. The molecule has 8 nitrogen and oxygen atoms in total. The van der Waals surface area contributed by atoms with Gasteiger partial charge in [-0.05, 0) is 40.8 Å². The van der Waals surface area contributed by atoms with Gasteiger partial charge in [-0.3, -0.25) is 10.1 Å². The predicted octanol–water partition coefficient (Wildman–Crippen LogP) is 2.43. The standard InChI is InChI=1S/C23H24FN5O3S/c24-18-3-1-2-14(7-18)9-27-22(32)29-23-28-19(13-33-23)11-26-21(31)20-8-16-5-4-15(12-30)6-17(16)10-25-20/h1-7,13,20,25,30H,8-12H2,(H,26,31)(H2,27,28,29,32). The summed E-state index contributed by atoms with van der Waals surface area (Å²) in [4.78, 5) is 29.0. The van der Waals surface area contributed by atoms with Gasteiger partial charge in [0, 0.05) is 18.5 Å². The maximum Gasteiger partial charge on any atom is 0.321 e. The Morgan fingerprint density at radius 1 is 1.12 bits per heavy atom. The maximum absolute atomic E-state index is 13.2. The minimum atomic E-state index is -0.446. The van der Waals surface area contributed by atoms with E-state index in [9.17, 15) is 19.1 Å². The van der Waals surface area contributed by atoms with Crippen LogP contribution in [0.2, 0.25) is 0 Å². The van der Waals surface area contributed by atoms with Crippen LogP contribution in [0.3, 0.4) is 0 Å². The molecular formula is C23H24FN5O3S. The molecule has 0 fully saturated rings. The molecule has 1 unspecified atom stereocenters. The number of nitrogens with zero attached hydrogens (tertiary/aromatic N) is 1. The zero-order valence-electron chi connectivity index (χ0n) is 17.7. The quantitative estimate of drug-likeness (QED) is 0.365. The van der Waals surface area contributed by atoms with Crippen LogP contribution >= 0.6 is 11.3 Å². The molecule has 172 valence electrons. The van der Waals surface area contributed by atoms with E-state index in [1.165, 1.54) is 23.5 Å². The lowest BCUT2D eigenvalue weighted by Crippen LogP contribution is -2.47. The number of carbonyl (C=O) groups excluding carboxylic acids is 2. The van der Waals surface area contributed by atoms with Gasteiger partial charge in [-0.25, -0.2) is 14.2 Å². The van der Waals surface area contributed by atoms with E-state index in [1.807, 2.05) is 18.2 Å². The third-order valence-corrected chi connectivity index (χ3v) is 6.10. The number of thiazole rings is 1. The molecule has 3 amide bonds. The van der Waals surface area contributed by atoms with Gasteiger partial charge in [0.2, 0.25) is 5.91 Å². The van der Waals surface area contributed by atoms with E-state index < -0.39 is 6.03 Å². The van der Waals surface area contributed by atoms with Gasteiger partial charge in [0.1, 0.15) is 5.82 Å². The number of amides is 3. The number of fused-ring (bicyclic) bond motifs is 1. The number of nitrogens with one attached hydrogen (secondary N) is 4. The molecular weight excluding hydrogens is 445 g/mol. The molecule has 10 heteroatoms. The lowest BCUT2D eigenvalue weighted by molar-refractivity contribution is -0.123. The molecule has 2 heterocycles. The average Bonchev–Trinajstić information content (AvgIpc) is 3.27. The summed E-state index contributed by atoms with van der Waals surface area (Å²) in [5.74, 6) is -0.480. The number of hydrogen-bond donors (Lipinski definition) is 5. The third kappa shape index (κ3) is 6.13. The fraction of sp³-hybridized carbons (Fsp3) is 0.261. The SMILES string of the molecule is O=C(NCc1cccc(F)c1)Nc1nc(CNC(=O)C2Cc3ccc(CO)cc3CN2)cs1. The number of aromatic nitrogens is 1. The zero-order chi connectivity index (χ0) is 23.2. The fourth-order valence-electron chi connectivity index (χ4n) is 3.57. The molecule has 1 aliphatic rings. The Kier molecular flexibility index (Phi) is 7.28. The van der Waals surface area contributed by atoms with E-state index in [0.717, 1.165) is 16.7 Å². The number of hydrogen-bond acceptors (Lipinski definition) is 6. The molecule has 0 saturated heterocycles. The van der Waals surface area contributed by atoms with Gasteiger partial charge in [-0.15, -0.1) is 11.3 Å². The first-order valence-corrected chi connectivity index (χ1v) is 11.3. The van der Waals surface area contributed by atoms with Crippen molar-refractivity contribution in [3.63, 3.8) is 0 Å². The van der Waals surface area contributed by atoms with Crippen LogP contribution in [0.1, 0.15) is 27.9 Å². The van der Waals surface area contributed by atoms with Crippen LogP contribution in [0.5, 0.6) is 0 Å². The van der Waals surface area contributed by atoms with Gasteiger partial charge in [-0.1, -0.05) is 30.3 Å². The minimum absolute atomic E-state index is 0.00362. The van der Waals surface area contributed by atoms with Crippen LogP contribution < -0.4 is 21.3 Å². The van der Waals surface area contributed by atoms with E-state index >= 15 is 0 Å². The van der Waals surface area contributed by atoms with E-state index in [-0.39, 0.29) is 37.5 Å². The highest BCUT2D eigenvalue weighted by atomic mass is 32.1. The Morgan fingerprint density at radius 3 is 2.82 bits per heavy atom. The highest BCUT2D eigenvalue weighted by molar-refractivity contribution is 7.13. The molecule has 1 aliphatic heterocycles. The normalized spacial score (nSPS) is 14.9. The second kappa shape index (κ2) is 10.5. The van der Waals surface area contributed by atoms with Crippen LogP contribution in [0.25, 0.3) is 0 Å². The third-order valence-electron chi connectivity index (χ3n) is 5.29. The Morgan fingerprint density at radius 2 is 2.00 bits per heavy atom. The van der Waals surface area contributed by atoms with Crippen molar-refractivity contribution >= 4 is 28.4 Å². The summed E-state index contributed by atoms with van der Waals surface area (Å²) in [6, 6.07) is 11.0. The first-order chi connectivity index (χ1) is 16.0. The van der Waals surface area contributed by atoms with Crippen LogP contribution in [0, 0.1) is 5.82 Å². The summed E-state index contributed by atoms with van der Waals surface area (Å²) in [5, 5.41) is 22.8. The number of rotatable bonds is 7. The van der Waals surface area contributed by atoms with E-state index in [0.29, 0.717) is 29.4 Å². The molecule has 0 radical (unpaired) electrons. The lowest BCUT2D eigenvalue weighted by atomic mass is 9.94. The second-order valence-electron chi connectivity index (χ2n) is 7.70. The van der Waals surface area contributed by atoms with Crippen molar-refractivity contribution < 1.29 is 19.1 Å². The lowest BCUT2D eigenvalue weighted by Gasteiger charge is -2.25. The predicted molar refractivity (Wildman–Crippen MR) is 123 cm³/mol. The maximum atomic E-state index is 13.2. The molecule has 5 N–H and O–H groups in total. The monoisotopic (exact) mass is 469 g/mol. The van der Waals surface area contributed by atoms with Crippen LogP contribution in [-0.4, -0.2) is 28.1 Å². The summed E-state index contributed by atoms with van der Waals surface area (Å²) >= 11 is 1.25. The van der Waals surface area contributed by atoms with Crippen molar-refractivity contribution in [3.8, 4) is 0 Å². The molecule has 0 saturated carbocycles. The molecule has 4 rings (SSSR count). The number of urea groups is 1. The van der Waals surface area contributed by atoms with Crippen molar-refractivity contribution in [2.75, 3.05) is 5.32 Å². The second-order valence-corrected chi connectivity index (χ2v) is 8.56. The average molecular weight is 470 g/mol. The molecule has 3 aromatic rings. The van der Waals surface area contributed by atoms with Crippen molar-refractivity contribution in [2.45, 2.75) is 38.7 Å². The first-order valence-electron chi connectivity index (χ1n) is 10.5. The van der Waals surface area contributed by atoms with E-state index in [4.69, 9.17) is 0 Å². The molecule has 1 aromatic heterocycles. The molecule has 2 aromatic carbocycles. The smallest absolute Gasteiger partial charge is 0.321 e. The Balaban J connectivity index is 1.23. The Labute approximate surface area is 194 Å². The van der Waals surface area contributed by atoms with Gasteiger partial charge in [-0.2, -0.15) is 0 Å². The summed E-state index contributed by atoms with van der Waals surface area (Å²) < 4.78 is 13.2. The van der Waals surface area contributed by atoms with Crippen molar-refractivity contribution in [2.24, 2.45) is 0 Å². The van der Waals surface area contributed by atoms with Crippen molar-refractivity contribution in [1.82, 2.24) is 20.9 Å². The number of halogens is 1. The van der Waals surface area contributed by atoms with Crippen molar-refractivity contribution in [1.29, 1.82) is 0 Å². The number of aliphatic hydroxyl groups excluding tert-OH is 1. The molecule has 0 bridgehead atoms. The fourth-order valence-corrected chi connectivity index (χ4v) is 4.27. The summed E-state index contributed by atoms with van der Waals surface area (Å²) in [5.41, 5.74) is 4.33. The van der Waals surface area contributed by atoms with Crippen LogP contribution in [0.15, 0.2) is 47.8 Å². The highest BCUT2D eigenvalue weighted by Crippen LogP contribution is 2.19. The molecule has 0 aliphatic carbocycles. The Bertz CT molecular complexity index is 1150. The number of benzene rings is 2. The first kappa shape index (κ1) is 22.8. The molecule has 1 atom stereocenters. The van der Waals surface area contributed by atoms with Gasteiger partial charge in [0.05, 0.1) is 24.9 Å². The van der Waals surface area contributed by atoms with Gasteiger partial charge in [0.15, 0.2) is 5.13 Å². The number of carbonyl (C=O) groups is 2.